The Balaban J connectivity index is 2.56. The van der Waals surface area contributed by atoms with Gasteiger partial charge in [0.1, 0.15) is 5.82 Å². The standard InChI is InChI=1S/C15H13Cl3FN/c1-2-20-15(10-4-3-5-13(18)14(10)19)11-8-9(16)6-7-12(11)17/h3-8,15,20H,2H2,1H3. The summed E-state index contributed by atoms with van der Waals surface area (Å²) in [4.78, 5) is 0. The Hall–Kier alpha value is -0.800. The van der Waals surface area contributed by atoms with E-state index >= 15 is 0 Å². The molecule has 0 heterocycles. The number of hydrogen-bond donors (Lipinski definition) is 1. The molecular formula is C15H13Cl3FN. The first-order chi connectivity index (χ1) is 9.54. The molecule has 0 saturated carbocycles. The van der Waals surface area contributed by atoms with Crippen LogP contribution in [0.5, 0.6) is 0 Å². The lowest BCUT2D eigenvalue weighted by Crippen LogP contribution is -2.23. The van der Waals surface area contributed by atoms with Crippen molar-refractivity contribution < 1.29 is 4.39 Å². The van der Waals surface area contributed by atoms with E-state index in [1.54, 1.807) is 30.3 Å². The molecule has 0 spiro atoms. The van der Waals surface area contributed by atoms with E-state index in [4.69, 9.17) is 34.8 Å². The van der Waals surface area contributed by atoms with Crippen LogP contribution in [0.1, 0.15) is 24.1 Å². The van der Waals surface area contributed by atoms with E-state index in [2.05, 4.69) is 5.32 Å². The fraction of sp³-hybridized carbons (Fsp3) is 0.200. The third-order valence-corrected chi connectivity index (χ3v) is 3.84. The highest BCUT2D eigenvalue weighted by Gasteiger charge is 2.21. The average Bonchev–Trinajstić information content (AvgIpc) is 2.43. The first-order valence-corrected chi connectivity index (χ1v) is 7.30. The summed E-state index contributed by atoms with van der Waals surface area (Å²) in [5.74, 6) is -0.448. The van der Waals surface area contributed by atoms with Crippen LogP contribution in [-0.2, 0) is 0 Å². The van der Waals surface area contributed by atoms with E-state index in [1.807, 2.05) is 6.92 Å². The first kappa shape index (κ1) is 15.6. The van der Waals surface area contributed by atoms with Crippen LogP contribution in [0.2, 0.25) is 15.1 Å². The highest BCUT2D eigenvalue weighted by Crippen LogP contribution is 2.33. The Labute approximate surface area is 132 Å². The van der Waals surface area contributed by atoms with Gasteiger partial charge in [0.25, 0.3) is 0 Å². The SMILES string of the molecule is CCNC(c1cc(Cl)ccc1Cl)c1cccc(Cl)c1F. The van der Waals surface area contributed by atoms with Crippen LogP contribution in [0.4, 0.5) is 4.39 Å². The second-order valence-electron chi connectivity index (χ2n) is 4.30. The zero-order valence-electron chi connectivity index (χ0n) is 10.8. The van der Waals surface area contributed by atoms with Crippen LogP contribution < -0.4 is 5.32 Å². The van der Waals surface area contributed by atoms with Crippen molar-refractivity contribution in [3.05, 3.63) is 68.4 Å². The Bertz CT molecular complexity index is 614. The van der Waals surface area contributed by atoms with Gasteiger partial charge in [-0.3, -0.25) is 0 Å². The van der Waals surface area contributed by atoms with Crippen LogP contribution >= 0.6 is 34.8 Å². The third kappa shape index (κ3) is 3.26. The predicted octanol–water partition coefficient (Wildman–Crippen LogP) is 5.48. The highest BCUT2D eigenvalue weighted by atomic mass is 35.5. The molecule has 2 aromatic rings. The maximum absolute atomic E-state index is 14.2. The van der Waals surface area contributed by atoms with Gasteiger partial charge >= 0.3 is 0 Å². The minimum Gasteiger partial charge on any atom is -0.306 e. The van der Waals surface area contributed by atoms with E-state index in [-0.39, 0.29) is 5.02 Å². The molecular weight excluding hydrogens is 320 g/mol. The molecule has 5 heteroatoms. The Kier molecular flexibility index (Phi) is 5.28. The first-order valence-electron chi connectivity index (χ1n) is 6.16. The van der Waals surface area contributed by atoms with Gasteiger partial charge in [-0.1, -0.05) is 53.9 Å². The largest absolute Gasteiger partial charge is 0.306 e. The summed E-state index contributed by atoms with van der Waals surface area (Å²) in [6.07, 6.45) is 0. The van der Waals surface area contributed by atoms with Gasteiger partial charge in [-0.25, -0.2) is 4.39 Å². The van der Waals surface area contributed by atoms with Crippen LogP contribution in [0.3, 0.4) is 0 Å². The molecule has 2 rings (SSSR count). The maximum Gasteiger partial charge on any atom is 0.146 e. The number of benzene rings is 2. The highest BCUT2D eigenvalue weighted by molar-refractivity contribution is 6.33. The smallest absolute Gasteiger partial charge is 0.146 e. The average molecular weight is 333 g/mol. The second-order valence-corrected chi connectivity index (χ2v) is 5.55. The van der Waals surface area contributed by atoms with Crippen molar-refractivity contribution in [1.29, 1.82) is 0 Å². The molecule has 1 atom stereocenters. The van der Waals surface area contributed by atoms with Gasteiger partial charge in [0.15, 0.2) is 0 Å². The normalized spacial score (nSPS) is 12.4. The lowest BCUT2D eigenvalue weighted by Gasteiger charge is -2.21. The van der Waals surface area contributed by atoms with Gasteiger partial charge in [-0.05, 0) is 36.4 Å². The monoisotopic (exact) mass is 331 g/mol. The molecule has 0 aromatic heterocycles. The molecule has 1 unspecified atom stereocenters. The fourth-order valence-electron chi connectivity index (χ4n) is 2.07. The topological polar surface area (TPSA) is 12.0 Å². The van der Waals surface area contributed by atoms with Crippen molar-refractivity contribution in [2.45, 2.75) is 13.0 Å². The molecule has 2 aromatic carbocycles. The van der Waals surface area contributed by atoms with Gasteiger partial charge in [-0.2, -0.15) is 0 Å². The minimum atomic E-state index is -0.448. The van der Waals surface area contributed by atoms with Crippen molar-refractivity contribution >= 4 is 34.8 Å². The van der Waals surface area contributed by atoms with Gasteiger partial charge in [-0.15, -0.1) is 0 Å². The van der Waals surface area contributed by atoms with Crippen molar-refractivity contribution in [2.75, 3.05) is 6.54 Å². The van der Waals surface area contributed by atoms with E-state index in [1.165, 1.54) is 6.07 Å². The summed E-state index contributed by atoms with van der Waals surface area (Å²) in [5, 5.41) is 4.37. The van der Waals surface area contributed by atoms with Crippen molar-refractivity contribution in [1.82, 2.24) is 5.32 Å². The van der Waals surface area contributed by atoms with Gasteiger partial charge < -0.3 is 5.32 Å². The number of rotatable bonds is 4. The Morgan fingerprint density at radius 2 is 1.80 bits per heavy atom. The molecule has 0 bridgehead atoms. The molecule has 106 valence electrons. The van der Waals surface area contributed by atoms with Crippen molar-refractivity contribution in [2.24, 2.45) is 0 Å². The molecule has 0 saturated heterocycles. The molecule has 1 N–H and O–H groups in total. The molecule has 0 fully saturated rings. The summed E-state index contributed by atoms with van der Waals surface area (Å²) in [6, 6.07) is 9.65. The number of halogens is 4. The minimum absolute atomic E-state index is 0.0866. The van der Waals surface area contributed by atoms with Crippen LogP contribution in [0.25, 0.3) is 0 Å². The summed E-state index contributed by atoms with van der Waals surface area (Å²) >= 11 is 18.1. The zero-order valence-corrected chi connectivity index (χ0v) is 13.0. The Morgan fingerprint density at radius 3 is 2.50 bits per heavy atom. The molecule has 0 aliphatic heterocycles. The number of hydrogen-bond acceptors (Lipinski definition) is 1. The molecule has 0 aliphatic carbocycles. The van der Waals surface area contributed by atoms with E-state index in [0.717, 1.165) is 5.56 Å². The van der Waals surface area contributed by atoms with E-state index in [0.29, 0.717) is 22.2 Å². The van der Waals surface area contributed by atoms with Crippen molar-refractivity contribution in [3.63, 3.8) is 0 Å². The predicted molar refractivity (Wildman–Crippen MR) is 83.4 cm³/mol. The van der Waals surface area contributed by atoms with Crippen molar-refractivity contribution in [3.8, 4) is 0 Å². The second kappa shape index (κ2) is 6.77. The van der Waals surface area contributed by atoms with Gasteiger partial charge in [0, 0.05) is 15.6 Å². The van der Waals surface area contributed by atoms with Crippen LogP contribution in [0.15, 0.2) is 36.4 Å². The summed E-state index contributed by atoms with van der Waals surface area (Å²) in [6.45, 7) is 2.59. The maximum atomic E-state index is 14.2. The lowest BCUT2D eigenvalue weighted by atomic mass is 9.98. The summed E-state index contributed by atoms with van der Waals surface area (Å²) in [7, 11) is 0. The zero-order chi connectivity index (χ0) is 14.7. The quantitative estimate of drug-likeness (QED) is 0.781. The van der Waals surface area contributed by atoms with Gasteiger partial charge in [0.05, 0.1) is 11.1 Å². The molecule has 0 radical (unpaired) electrons. The summed E-state index contributed by atoms with van der Waals surface area (Å²) in [5.41, 5.74) is 1.17. The van der Waals surface area contributed by atoms with Gasteiger partial charge in [0.2, 0.25) is 0 Å². The molecule has 0 aliphatic rings. The third-order valence-electron chi connectivity index (χ3n) is 2.97. The molecule has 0 amide bonds. The van der Waals surface area contributed by atoms with Crippen LogP contribution in [0, 0.1) is 5.82 Å². The van der Waals surface area contributed by atoms with Crippen LogP contribution in [-0.4, -0.2) is 6.54 Å². The van der Waals surface area contributed by atoms with E-state index < -0.39 is 11.9 Å². The number of nitrogens with one attached hydrogen (secondary N) is 1. The van der Waals surface area contributed by atoms with E-state index in [9.17, 15) is 4.39 Å². The molecule has 1 nitrogen and oxygen atoms in total. The lowest BCUT2D eigenvalue weighted by molar-refractivity contribution is 0.559. The summed E-state index contributed by atoms with van der Waals surface area (Å²) < 4.78 is 14.2. The molecule has 20 heavy (non-hydrogen) atoms. The Morgan fingerprint density at radius 1 is 1.05 bits per heavy atom. The fourth-order valence-corrected chi connectivity index (χ4v) is 2.66.